The van der Waals surface area contributed by atoms with Gasteiger partial charge in [0.2, 0.25) is 0 Å². The van der Waals surface area contributed by atoms with Crippen molar-refractivity contribution < 1.29 is 14.3 Å². The maximum atomic E-state index is 12.9. The summed E-state index contributed by atoms with van der Waals surface area (Å²) < 4.78 is 10.8. The standard InChI is InChI=1S/C23H27N5O3/c1-17-22(26-28(25-17)19-6-4-3-5-7-19)23(29)24-16-21(27-12-14-31-15-13-27)18-8-10-20(30-2)11-9-18/h3-11,21H,12-16H2,1-2H3,(H,24,29)/t21-/m1/s1. The van der Waals surface area contributed by atoms with Gasteiger partial charge in [0.15, 0.2) is 5.69 Å². The third-order valence-electron chi connectivity index (χ3n) is 5.43. The van der Waals surface area contributed by atoms with Crippen LogP contribution in [-0.4, -0.2) is 65.8 Å². The van der Waals surface area contributed by atoms with Gasteiger partial charge in [-0.15, -0.1) is 5.10 Å². The lowest BCUT2D eigenvalue weighted by Crippen LogP contribution is -2.44. The van der Waals surface area contributed by atoms with Gasteiger partial charge in [0.05, 0.1) is 37.7 Å². The number of para-hydroxylation sites is 1. The minimum Gasteiger partial charge on any atom is -0.497 e. The number of carbonyl (C=O) groups excluding carboxylic acids is 1. The average Bonchev–Trinajstić information content (AvgIpc) is 3.22. The van der Waals surface area contributed by atoms with E-state index in [2.05, 4.69) is 20.4 Å². The molecule has 4 rings (SSSR count). The van der Waals surface area contributed by atoms with Gasteiger partial charge in [0.1, 0.15) is 5.75 Å². The fourth-order valence-corrected chi connectivity index (χ4v) is 3.71. The summed E-state index contributed by atoms with van der Waals surface area (Å²) in [6, 6.07) is 17.6. The van der Waals surface area contributed by atoms with Gasteiger partial charge in [-0.3, -0.25) is 9.69 Å². The van der Waals surface area contributed by atoms with E-state index < -0.39 is 0 Å². The Balaban J connectivity index is 1.50. The summed E-state index contributed by atoms with van der Waals surface area (Å²) in [6.45, 7) is 5.26. The van der Waals surface area contributed by atoms with Crippen molar-refractivity contribution in [2.75, 3.05) is 40.0 Å². The molecule has 8 heteroatoms. The lowest BCUT2D eigenvalue weighted by molar-refractivity contribution is 0.0162. The Labute approximate surface area is 181 Å². The molecule has 1 amide bonds. The molecule has 1 aliphatic rings. The molecule has 3 aromatic rings. The molecule has 162 valence electrons. The van der Waals surface area contributed by atoms with Crippen LogP contribution in [0.2, 0.25) is 0 Å². The van der Waals surface area contributed by atoms with Crippen LogP contribution < -0.4 is 10.1 Å². The predicted molar refractivity (Wildman–Crippen MR) is 117 cm³/mol. The summed E-state index contributed by atoms with van der Waals surface area (Å²) in [5.74, 6) is 0.577. The number of methoxy groups -OCH3 is 1. The molecule has 1 fully saturated rings. The smallest absolute Gasteiger partial charge is 0.273 e. The molecule has 0 bridgehead atoms. The Morgan fingerprint density at radius 3 is 2.48 bits per heavy atom. The highest BCUT2D eigenvalue weighted by Gasteiger charge is 2.25. The van der Waals surface area contributed by atoms with Gasteiger partial charge in [0.25, 0.3) is 5.91 Å². The number of nitrogens with zero attached hydrogens (tertiary/aromatic N) is 4. The zero-order valence-electron chi connectivity index (χ0n) is 17.8. The van der Waals surface area contributed by atoms with E-state index in [1.165, 1.54) is 4.80 Å². The van der Waals surface area contributed by atoms with Crippen molar-refractivity contribution >= 4 is 5.91 Å². The van der Waals surface area contributed by atoms with E-state index >= 15 is 0 Å². The van der Waals surface area contributed by atoms with Gasteiger partial charge in [-0.2, -0.15) is 9.90 Å². The highest BCUT2D eigenvalue weighted by Crippen LogP contribution is 2.24. The number of morpholine rings is 1. The Morgan fingerprint density at radius 2 is 1.81 bits per heavy atom. The van der Waals surface area contributed by atoms with Gasteiger partial charge in [-0.1, -0.05) is 30.3 Å². The number of ether oxygens (including phenoxy) is 2. The monoisotopic (exact) mass is 421 g/mol. The highest BCUT2D eigenvalue weighted by molar-refractivity contribution is 5.93. The molecule has 1 saturated heterocycles. The Bertz CT molecular complexity index is 998. The number of amides is 1. The fourth-order valence-electron chi connectivity index (χ4n) is 3.71. The minimum atomic E-state index is -0.230. The van der Waals surface area contributed by atoms with Crippen LogP contribution in [-0.2, 0) is 4.74 Å². The van der Waals surface area contributed by atoms with Crippen molar-refractivity contribution in [2.24, 2.45) is 0 Å². The molecule has 0 unspecified atom stereocenters. The number of hydrogen-bond acceptors (Lipinski definition) is 6. The molecule has 0 aliphatic carbocycles. The lowest BCUT2D eigenvalue weighted by Gasteiger charge is -2.35. The van der Waals surface area contributed by atoms with Crippen LogP contribution >= 0.6 is 0 Å². The van der Waals surface area contributed by atoms with Gasteiger partial charge >= 0.3 is 0 Å². The third-order valence-corrected chi connectivity index (χ3v) is 5.43. The van der Waals surface area contributed by atoms with Crippen LogP contribution in [0.1, 0.15) is 27.8 Å². The molecule has 0 saturated carbocycles. The van der Waals surface area contributed by atoms with Crippen LogP contribution in [0.15, 0.2) is 54.6 Å². The Morgan fingerprint density at radius 1 is 1.10 bits per heavy atom. The van der Waals surface area contributed by atoms with E-state index in [1.807, 2.05) is 54.6 Å². The first kappa shape index (κ1) is 21.0. The van der Waals surface area contributed by atoms with Crippen LogP contribution in [0.4, 0.5) is 0 Å². The van der Waals surface area contributed by atoms with Crippen molar-refractivity contribution in [3.8, 4) is 11.4 Å². The number of carbonyl (C=O) groups is 1. The molecule has 1 aliphatic heterocycles. The van der Waals surface area contributed by atoms with Gasteiger partial charge in [-0.25, -0.2) is 0 Å². The van der Waals surface area contributed by atoms with Crippen molar-refractivity contribution in [1.29, 1.82) is 0 Å². The van der Waals surface area contributed by atoms with E-state index in [4.69, 9.17) is 9.47 Å². The van der Waals surface area contributed by atoms with Crippen LogP contribution in [0.25, 0.3) is 5.69 Å². The van der Waals surface area contributed by atoms with Crippen molar-refractivity contribution in [1.82, 2.24) is 25.2 Å². The topological polar surface area (TPSA) is 81.5 Å². The summed E-state index contributed by atoms with van der Waals surface area (Å²) in [4.78, 5) is 16.8. The molecule has 0 radical (unpaired) electrons. The highest BCUT2D eigenvalue weighted by atomic mass is 16.5. The van der Waals surface area contributed by atoms with E-state index in [0.29, 0.717) is 31.1 Å². The number of hydrogen-bond donors (Lipinski definition) is 1. The zero-order chi connectivity index (χ0) is 21.6. The van der Waals surface area contributed by atoms with E-state index in [9.17, 15) is 4.79 Å². The van der Waals surface area contributed by atoms with Crippen LogP contribution in [0.3, 0.4) is 0 Å². The van der Waals surface area contributed by atoms with Crippen LogP contribution in [0.5, 0.6) is 5.75 Å². The van der Waals surface area contributed by atoms with E-state index in [-0.39, 0.29) is 11.9 Å². The van der Waals surface area contributed by atoms with Crippen LogP contribution in [0, 0.1) is 6.92 Å². The summed E-state index contributed by atoms with van der Waals surface area (Å²) in [7, 11) is 1.65. The first-order valence-electron chi connectivity index (χ1n) is 10.4. The van der Waals surface area contributed by atoms with Crippen molar-refractivity contribution in [3.63, 3.8) is 0 Å². The molecule has 0 spiro atoms. The van der Waals surface area contributed by atoms with Gasteiger partial charge in [-0.05, 0) is 36.8 Å². The second kappa shape index (κ2) is 9.72. The zero-order valence-corrected chi connectivity index (χ0v) is 17.8. The SMILES string of the molecule is COc1ccc([C@@H](CNC(=O)c2nn(-c3ccccc3)nc2C)N2CCOCC2)cc1. The lowest BCUT2D eigenvalue weighted by atomic mass is 10.0. The summed E-state index contributed by atoms with van der Waals surface area (Å²) >= 11 is 0. The molecule has 2 aromatic carbocycles. The van der Waals surface area contributed by atoms with Gasteiger partial charge in [0, 0.05) is 19.6 Å². The number of aryl methyl sites for hydroxylation is 1. The third kappa shape index (κ3) is 4.92. The number of rotatable bonds is 7. The number of aromatic nitrogens is 3. The van der Waals surface area contributed by atoms with Crippen molar-refractivity contribution in [3.05, 3.63) is 71.5 Å². The van der Waals surface area contributed by atoms with E-state index in [0.717, 1.165) is 30.1 Å². The maximum Gasteiger partial charge on any atom is 0.273 e. The normalized spacial score (nSPS) is 15.4. The van der Waals surface area contributed by atoms with Crippen molar-refractivity contribution in [2.45, 2.75) is 13.0 Å². The largest absolute Gasteiger partial charge is 0.497 e. The Kier molecular flexibility index (Phi) is 6.59. The quantitative estimate of drug-likeness (QED) is 0.631. The molecule has 8 nitrogen and oxygen atoms in total. The molecule has 1 atom stereocenters. The molecular weight excluding hydrogens is 394 g/mol. The number of nitrogens with one attached hydrogen (secondary N) is 1. The van der Waals surface area contributed by atoms with Gasteiger partial charge < -0.3 is 14.8 Å². The average molecular weight is 422 g/mol. The summed E-state index contributed by atoms with van der Waals surface area (Å²) in [5, 5.41) is 11.9. The fraction of sp³-hybridized carbons (Fsp3) is 0.348. The first-order chi connectivity index (χ1) is 15.2. The summed E-state index contributed by atoms with van der Waals surface area (Å²) in [6.07, 6.45) is 0. The molecular formula is C23H27N5O3. The maximum absolute atomic E-state index is 12.9. The number of benzene rings is 2. The van der Waals surface area contributed by atoms with E-state index in [1.54, 1.807) is 14.0 Å². The molecule has 1 aromatic heterocycles. The summed E-state index contributed by atoms with van der Waals surface area (Å²) in [5.41, 5.74) is 2.86. The Hall–Kier alpha value is -3.23. The molecule has 1 N–H and O–H groups in total. The molecule has 31 heavy (non-hydrogen) atoms. The first-order valence-corrected chi connectivity index (χ1v) is 10.4. The second-order valence-electron chi connectivity index (χ2n) is 7.41. The second-order valence-corrected chi connectivity index (χ2v) is 7.41. The predicted octanol–water partition coefficient (Wildman–Crippen LogP) is 2.39. The minimum absolute atomic E-state index is 0.0308. The molecule has 2 heterocycles.